The van der Waals surface area contributed by atoms with Crippen LogP contribution < -0.4 is 0 Å². The van der Waals surface area contributed by atoms with E-state index in [1.165, 1.54) is 0 Å². The molecule has 2 rings (SSSR count). The molecule has 7 heteroatoms. The molecule has 1 aliphatic heterocycles. The van der Waals surface area contributed by atoms with E-state index in [2.05, 4.69) is 20.2 Å². The number of rotatable bonds is 6. The molecular formula is C15H26N4O2S. The second-order valence-corrected chi connectivity index (χ2v) is 7.07. The van der Waals surface area contributed by atoms with Crippen LogP contribution in [0.2, 0.25) is 0 Å². The molecule has 0 radical (unpaired) electrons. The van der Waals surface area contributed by atoms with E-state index in [0.717, 1.165) is 50.0 Å². The van der Waals surface area contributed by atoms with Gasteiger partial charge in [-0.05, 0) is 6.92 Å². The van der Waals surface area contributed by atoms with Crippen molar-refractivity contribution in [3.8, 4) is 0 Å². The van der Waals surface area contributed by atoms with Crippen molar-refractivity contribution in [1.29, 1.82) is 0 Å². The van der Waals surface area contributed by atoms with Gasteiger partial charge in [0.25, 0.3) is 0 Å². The van der Waals surface area contributed by atoms with Crippen LogP contribution in [0.4, 0.5) is 0 Å². The van der Waals surface area contributed by atoms with Crippen molar-refractivity contribution >= 4 is 17.2 Å². The highest BCUT2D eigenvalue weighted by atomic mass is 32.1. The molecule has 1 aromatic rings. The summed E-state index contributed by atoms with van der Waals surface area (Å²) in [5, 5.41) is 12.4. The standard InChI is InChI=1S/C15H26N4O2S/c1-12(20)9-18-4-6-19(7-5-18)10-13-11-22-14(16-13)8-15(21)17(2)3/h11-12,20H,4-10H2,1-3H3/t12-/m1/s1. The Bertz CT molecular complexity index is 482. The molecule has 1 aliphatic rings. The first kappa shape index (κ1) is 17.3. The zero-order chi connectivity index (χ0) is 16.1. The second kappa shape index (κ2) is 8.01. The number of carbonyl (C=O) groups is 1. The molecule has 124 valence electrons. The molecule has 0 bridgehead atoms. The van der Waals surface area contributed by atoms with Crippen LogP contribution in [0, 0.1) is 0 Å². The molecule has 0 unspecified atom stereocenters. The lowest BCUT2D eigenvalue weighted by molar-refractivity contribution is -0.127. The van der Waals surface area contributed by atoms with E-state index in [0.29, 0.717) is 6.42 Å². The van der Waals surface area contributed by atoms with Crippen LogP contribution in [-0.2, 0) is 17.8 Å². The van der Waals surface area contributed by atoms with Gasteiger partial charge in [-0.1, -0.05) is 0 Å². The zero-order valence-corrected chi connectivity index (χ0v) is 14.5. The molecular weight excluding hydrogens is 300 g/mol. The molecule has 1 aromatic heterocycles. The van der Waals surface area contributed by atoms with Crippen molar-refractivity contribution in [2.24, 2.45) is 0 Å². The Labute approximate surface area is 136 Å². The molecule has 1 saturated heterocycles. The summed E-state index contributed by atoms with van der Waals surface area (Å²) in [4.78, 5) is 22.5. The third-order valence-electron chi connectivity index (χ3n) is 3.77. The van der Waals surface area contributed by atoms with E-state index in [1.54, 1.807) is 30.3 Å². The second-order valence-electron chi connectivity index (χ2n) is 6.12. The summed E-state index contributed by atoms with van der Waals surface area (Å²) in [5.74, 6) is 0.0904. The smallest absolute Gasteiger partial charge is 0.228 e. The minimum atomic E-state index is -0.262. The summed E-state index contributed by atoms with van der Waals surface area (Å²) < 4.78 is 0. The highest BCUT2D eigenvalue weighted by molar-refractivity contribution is 7.09. The van der Waals surface area contributed by atoms with E-state index in [-0.39, 0.29) is 12.0 Å². The molecule has 0 aromatic carbocycles. The molecule has 2 heterocycles. The zero-order valence-electron chi connectivity index (χ0n) is 13.7. The van der Waals surface area contributed by atoms with Gasteiger partial charge >= 0.3 is 0 Å². The molecule has 1 atom stereocenters. The lowest BCUT2D eigenvalue weighted by Gasteiger charge is -2.34. The van der Waals surface area contributed by atoms with E-state index in [1.807, 2.05) is 6.92 Å². The van der Waals surface area contributed by atoms with E-state index in [9.17, 15) is 9.90 Å². The van der Waals surface area contributed by atoms with Crippen LogP contribution in [0.1, 0.15) is 17.6 Å². The van der Waals surface area contributed by atoms with Crippen LogP contribution in [-0.4, -0.2) is 83.6 Å². The van der Waals surface area contributed by atoms with Gasteiger partial charge in [-0.25, -0.2) is 4.98 Å². The van der Waals surface area contributed by atoms with Gasteiger partial charge in [0.1, 0.15) is 5.01 Å². The molecule has 6 nitrogen and oxygen atoms in total. The maximum Gasteiger partial charge on any atom is 0.228 e. The molecule has 22 heavy (non-hydrogen) atoms. The quantitative estimate of drug-likeness (QED) is 0.813. The summed E-state index contributed by atoms with van der Waals surface area (Å²) >= 11 is 1.56. The van der Waals surface area contributed by atoms with Gasteiger partial charge in [0.15, 0.2) is 0 Å². The topological polar surface area (TPSA) is 59.9 Å². The minimum Gasteiger partial charge on any atom is -0.392 e. The third-order valence-corrected chi connectivity index (χ3v) is 4.67. The van der Waals surface area contributed by atoms with Crippen LogP contribution in [0.3, 0.4) is 0 Å². The van der Waals surface area contributed by atoms with Gasteiger partial charge in [-0.3, -0.25) is 14.6 Å². The largest absolute Gasteiger partial charge is 0.392 e. The van der Waals surface area contributed by atoms with Crippen LogP contribution in [0.25, 0.3) is 0 Å². The van der Waals surface area contributed by atoms with Crippen molar-refractivity contribution in [3.05, 3.63) is 16.1 Å². The van der Waals surface area contributed by atoms with Crippen LogP contribution >= 0.6 is 11.3 Å². The predicted molar refractivity (Wildman–Crippen MR) is 87.9 cm³/mol. The average Bonchev–Trinajstić information content (AvgIpc) is 2.87. The Kier molecular flexibility index (Phi) is 6.31. The summed E-state index contributed by atoms with van der Waals surface area (Å²) in [5.41, 5.74) is 1.05. The molecule has 0 spiro atoms. The number of hydrogen-bond donors (Lipinski definition) is 1. The third kappa shape index (κ3) is 5.31. The van der Waals surface area contributed by atoms with Gasteiger partial charge in [0, 0.05) is 58.7 Å². The van der Waals surface area contributed by atoms with E-state index in [4.69, 9.17) is 0 Å². The van der Waals surface area contributed by atoms with Crippen molar-refractivity contribution in [2.75, 3.05) is 46.8 Å². The fourth-order valence-electron chi connectivity index (χ4n) is 2.52. The number of likely N-dealkylation sites (N-methyl/N-ethyl adjacent to an activating group) is 1. The number of carbonyl (C=O) groups excluding carboxylic acids is 1. The molecule has 0 saturated carbocycles. The lowest BCUT2D eigenvalue weighted by Crippen LogP contribution is -2.47. The SMILES string of the molecule is C[C@@H](O)CN1CCN(Cc2csc(CC(=O)N(C)C)n2)CC1. The first-order chi connectivity index (χ1) is 10.4. The summed E-state index contributed by atoms with van der Waals surface area (Å²) in [6.45, 7) is 7.39. The molecule has 1 fully saturated rings. The summed E-state index contributed by atoms with van der Waals surface area (Å²) in [6, 6.07) is 0. The summed E-state index contributed by atoms with van der Waals surface area (Å²) in [7, 11) is 3.53. The first-order valence-electron chi connectivity index (χ1n) is 7.70. The number of amides is 1. The van der Waals surface area contributed by atoms with Crippen LogP contribution in [0.15, 0.2) is 5.38 Å². The minimum absolute atomic E-state index is 0.0904. The van der Waals surface area contributed by atoms with Crippen molar-refractivity contribution in [2.45, 2.75) is 26.0 Å². The van der Waals surface area contributed by atoms with Crippen molar-refractivity contribution in [1.82, 2.24) is 19.7 Å². The number of aliphatic hydroxyl groups is 1. The van der Waals surface area contributed by atoms with Crippen LogP contribution in [0.5, 0.6) is 0 Å². The number of nitrogens with zero attached hydrogens (tertiary/aromatic N) is 4. The Hall–Kier alpha value is -1.02. The number of aliphatic hydroxyl groups excluding tert-OH is 1. The van der Waals surface area contributed by atoms with Gasteiger partial charge in [0.2, 0.25) is 5.91 Å². The summed E-state index contributed by atoms with van der Waals surface area (Å²) in [6.07, 6.45) is 0.127. The number of aromatic nitrogens is 1. The lowest BCUT2D eigenvalue weighted by atomic mass is 10.2. The highest BCUT2D eigenvalue weighted by Crippen LogP contribution is 2.14. The Morgan fingerprint density at radius 1 is 1.36 bits per heavy atom. The van der Waals surface area contributed by atoms with Crippen molar-refractivity contribution in [3.63, 3.8) is 0 Å². The fraction of sp³-hybridized carbons (Fsp3) is 0.733. The highest BCUT2D eigenvalue weighted by Gasteiger charge is 2.19. The maximum atomic E-state index is 11.7. The fourth-order valence-corrected chi connectivity index (χ4v) is 3.30. The first-order valence-corrected chi connectivity index (χ1v) is 8.58. The predicted octanol–water partition coefficient (Wildman–Crippen LogP) is 0.272. The van der Waals surface area contributed by atoms with E-state index < -0.39 is 0 Å². The van der Waals surface area contributed by atoms with Gasteiger partial charge < -0.3 is 10.0 Å². The monoisotopic (exact) mass is 326 g/mol. The van der Waals surface area contributed by atoms with Gasteiger partial charge in [-0.15, -0.1) is 11.3 Å². The molecule has 1 amide bonds. The Morgan fingerprint density at radius 3 is 2.59 bits per heavy atom. The Morgan fingerprint density at radius 2 is 2.00 bits per heavy atom. The number of β-amino-alcohol motifs (C(OH)–C–C–N with tert-alkyl or cyclic N) is 1. The normalized spacial score (nSPS) is 18.4. The number of thiazole rings is 1. The van der Waals surface area contributed by atoms with Gasteiger partial charge in [-0.2, -0.15) is 0 Å². The average molecular weight is 326 g/mol. The number of hydrogen-bond acceptors (Lipinski definition) is 6. The number of piperazine rings is 1. The molecule has 1 N–H and O–H groups in total. The van der Waals surface area contributed by atoms with Gasteiger partial charge in [0.05, 0.1) is 18.2 Å². The van der Waals surface area contributed by atoms with E-state index >= 15 is 0 Å². The molecule has 0 aliphatic carbocycles. The maximum absolute atomic E-state index is 11.7. The van der Waals surface area contributed by atoms with Crippen molar-refractivity contribution < 1.29 is 9.90 Å². The Balaban J connectivity index is 1.78.